The molecule has 1 aliphatic carbocycles. The van der Waals surface area contributed by atoms with Crippen LogP contribution in [-0.2, 0) is 20.7 Å². The van der Waals surface area contributed by atoms with Gasteiger partial charge in [-0.25, -0.2) is 0 Å². The summed E-state index contributed by atoms with van der Waals surface area (Å²) in [5.74, 6) is 0.372. The van der Waals surface area contributed by atoms with E-state index >= 15 is 0 Å². The van der Waals surface area contributed by atoms with Crippen LogP contribution in [-0.4, -0.2) is 32.4 Å². The number of esters is 1. The molecular weight excluding hydrogens is 336 g/mol. The normalized spacial score (nSPS) is 17.1. The standard InChI is InChI=1S/C16H21BrO4/c1-4-21-15(18)14(17)12-9-11(5-6-13(12)19-2)10-16(20-3)7-8-16/h5-6,9,14H,4,7-8,10H2,1-3H3. The van der Waals surface area contributed by atoms with Crippen molar-refractivity contribution in [1.29, 1.82) is 0 Å². The van der Waals surface area contributed by atoms with Gasteiger partial charge in [-0.05, 0) is 31.4 Å². The summed E-state index contributed by atoms with van der Waals surface area (Å²) in [4.78, 5) is 11.4. The molecule has 0 heterocycles. The van der Waals surface area contributed by atoms with Crippen molar-refractivity contribution in [2.75, 3.05) is 20.8 Å². The Hall–Kier alpha value is -1.07. The maximum Gasteiger partial charge on any atom is 0.324 e. The minimum Gasteiger partial charge on any atom is -0.496 e. The molecule has 5 heteroatoms. The lowest BCUT2D eigenvalue weighted by molar-refractivity contribution is -0.142. The fourth-order valence-corrected chi connectivity index (χ4v) is 2.89. The Kier molecular flexibility index (Phi) is 5.27. The topological polar surface area (TPSA) is 44.8 Å². The van der Waals surface area contributed by atoms with Crippen molar-refractivity contribution < 1.29 is 19.0 Å². The predicted octanol–water partition coefficient (Wildman–Crippen LogP) is 3.42. The second-order valence-corrected chi connectivity index (χ2v) is 6.17. The molecule has 1 saturated carbocycles. The fourth-order valence-electron chi connectivity index (χ4n) is 2.40. The highest BCUT2D eigenvalue weighted by Gasteiger charge is 2.43. The Bertz CT molecular complexity index is 511. The smallest absolute Gasteiger partial charge is 0.324 e. The number of alkyl halides is 1. The van der Waals surface area contributed by atoms with Gasteiger partial charge in [0.05, 0.1) is 19.3 Å². The largest absolute Gasteiger partial charge is 0.496 e. The fraction of sp³-hybridized carbons (Fsp3) is 0.562. The molecule has 0 N–H and O–H groups in total. The summed E-state index contributed by atoms with van der Waals surface area (Å²) in [5.41, 5.74) is 1.91. The maximum absolute atomic E-state index is 11.9. The van der Waals surface area contributed by atoms with Crippen LogP contribution in [0.5, 0.6) is 5.75 Å². The second-order valence-electron chi connectivity index (χ2n) is 5.25. The number of methoxy groups -OCH3 is 2. The maximum atomic E-state index is 11.9. The molecule has 116 valence electrons. The van der Waals surface area contributed by atoms with Crippen LogP contribution in [0.15, 0.2) is 18.2 Å². The number of hydrogen-bond donors (Lipinski definition) is 0. The van der Waals surface area contributed by atoms with Gasteiger partial charge in [-0.1, -0.05) is 28.1 Å². The first-order valence-electron chi connectivity index (χ1n) is 7.08. The summed E-state index contributed by atoms with van der Waals surface area (Å²) in [6.45, 7) is 2.15. The van der Waals surface area contributed by atoms with Crippen molar-refractivity contribution in [3.8, 4) is 5.75 Å². The summed E-state index contributed by atoms with van der Waals surface area (Å²) in [6, 6.07) is 5.91. The first-order valence-corrected chi connectivity index (χ1v) is 7.99. The van der Waals surface area contributed by atoms with E-state index in [1.165, 1.54) is 0 Å². The molecule has 0 saturated heterocycles. The summed E-state index contributed by atoms with van der Waals surface area (Å²) >= 11 is 3.40. The van der Waals surface area contributed by atoms with Gasteiger partial charge in [-0.15, -0.1) is 0 Å². The molecule has 1 aromatic rings. The zero-order chi connectivity index (χ0) is 15.5. The summed E-state index contributed by atoms with van der Waals surface area (Å²) in [6.07, 6.45) is 3.02. The Balaban J connectivity index is 2.23. The van der Waals surface area contributed by atoms with Crippen molar-refractivity contribution in [1.82, 2.24) is 0 Å². The lowest BCUT2D eigenvalue weighted by Gasteiger charge is -2.17. The van der Waals surface area contributed by atoms with E-state index in [-0.39, 0.29) is 11.6 Å². The number of hydrogen-bond acceptors (Lipinski definition) is 4. The monoisotopic (exact) mass is 356 g/mol. The lowest BCUT2D eigenvalue weighted by atomic mass is 10.0. The van der Waals surface area contributed by atoms with Crippen molar-refractivity contribution in [3.63, 3.8) is 0 Å². The molecule has 21 heavy (non-hydrogen) atoms. The molecule has 0 aromatic heterocycles. The van der Waals surface area contributed by atoms with Crippen LogP contribution < -0.4 is 4.74 Å². The number of carbonyl (C=O) groups excluding carboxylic acids is 1. The minimum absolute atomic E-state index is 0.0163. The average molecular weight is 357 g/mol. The van der Waals surface area contributed by atoms with E-state index in [4.69, 9.17) is 14.2 Å². The third-order valence-corrected chi connectivity index (χ3v) is 4.69. The van der Waals surface area contributed by atoms with Gasteiger partial charge in [-0.2, -0.15) is 0 Å². The van der Waals surface area contributed by atoms with E-state index in [0.29, 0.717) is 12.4 Å². The predicted molar refractivity (Wildman–Crippen MR) is 84.0 cm³/mol. The van der Waals surface area contributed by atoms with Crippen LogP contribution in [0, 0.1) is 0 Å². The van der Waals surface area contributed by atoms with Gasteiger partial charge in [0.15, 0.2) is 0 Å². The van der Waals surface area contributed by atoms with Crippen LogP contribution in [0.1, 0.15) is 35.7 Å². The molecule has 0 spiro atoms. The molecular formula is C16H21BrO4. The Morgan fingerprint density at radius 2 is 2.10 bits per heavy atom. The van der Waals surface area contributed by atoms with E-state index in [1.54, 1.807) is 21.1 Å². The molecule has 0 amide bonds. The summed E-state index contributed by atoms with van der Waals surface area (Å²) < 4.78 is 16.0. The van der Waals surface area contributed by atoms with Gasteiger partial charge >= 0.3 is 5.97 Å². The summed E-state index contributed by atoms with van der Waals surface area (Å²) in [7, 11) is 3.35. The molecule has 2 rings (SSSR count). The van der Waals surface area contributed by atoms with Crippen LogP contribution in [0.4, 0.5) is 0 Å². The summed E-state index contributed by atoms with van der Waals surface area (Å²) in [5, 5.41) is 0. The number of carbonyl (C=O) groups is 1. The molecule has 1 fully saturated rings. The highest BCUT2D eigenvalue weighted by atomic mass is 79.9. The van der Waals surface area contributed by atoms with Crippen molar-refractivity contribution in [3.05, 3.63) is 29.3 Å². The van der Waals surface area contributed by atoms with Crippen LogP contribution >= 0.6 is 15.9 Å². The number of benzene rings is 1. The van der Waals surface area contributed by atoms with Crippen molar-refractivity contribution in [2.45, 2.75) is 36.6 Å². The zero-order valence-corrected chi connectivity index (χ0v) is 14.2. The number of ether oxygens (including phenoxy) is 3. The van der Waals surface area contributed by atoms with Gasteiger partial charge in [0, 0.05) is 19.1 Å². The highest BCUT2D eigenvalue weighted by molar-refractivity contribution is 9.09. The van der Waals surface area contributed by atoms with Gasteiger partial charge < -0.3 is 14.2 Å². The second kappa shape index (κ2) is 6.79. The van der Waals surface area contributed by atoms with Crippen LogP contribution in [0.2, 0.25) is 0 Å². The van der Waals surface area contributed by atoms with E-state index in [9.17, 15) is 4.79 Å². The highest BCUT2D eigenvalue weighted by Crippen LogP contribution is 2.43. The van der Waals surface area contributed by atoms with Crippen LogP contribution in [0.25, 0.3) is 0 Å². The van der Waals surface area contributed by atoms with E-state index in [0.717, 1.165) is 30.4 Å². The first kappa shape index (κ1) is 16.3. The Morgan fingerprint density at radius 1 is 1.38 bits per heavy atom. The molecule has 0 bridgehead atoms. The molecule has 1 unspecified atom stereocenters. The number of halogens is 1. The number of rotatable bonds is 7. The minimum atomic E-state index is -0.523. The van der Waals surface area contributed by atoms with E-state index in [1.807, 2.05) is 18.2 Å². The molecule has 0 radical (unpaired) electrons. The molecule has 4 nitrogen and oxygen atoms in total. The van der Waals surface area contributed by atoms with Crippen LogP contribution in [0.3, 0.4) is 0 Å². The van der Waals surface area contributed by atoms with Gasteiger partial charge in [0.25, 0.3) is 0 Å². The van der Waals surface area contributed by atoms with Gasteiger partial charge in [0.1, 0.15) is 10.6 Å². The Morgan fingerprint density at radius 3 is 2.62 bits per heavy atom. The SMILES string of the molecule is CCOC(=O)C(Br)c1cc(CC2(OC)CC2)ccc1OC. The molecule has 0 aliphatic heterocycles. The van der Waals surface area contributed by atoms with Gasteiger partial charge in [-0.3, -0.25) is 4.79 Å². The van der Waals surface area contributed by atoms with Crippen molar-refractivity contribution in [2.24, 2.45) is 0 Å². The van der Waals surface area contributed by atoms with E-state index < -0.39 is 4.83 Å². The molecule has 1 atom stereocenters. The average Bonchev–Trinajstić information content (AvgIpc) is 3.27. The third-order valence-electron chi connectivity index (χ3n) is 3.83. The van der Waals surface area contributed by atoms with E-state index in [2.05, 4.69) is 15.9 Å². The third kappa shape index (κ3) is 3.77. The molecule has 1 aromatic carbocycles. The van der Waals surface area contributed by atoms with Crippen molar-refractivity contribution >= 4 is 21.9 Å². The quantitative estimate of drug-likeness (QED) is 0.554. The Labute approximate surface area is 133 Å². The van der Waals surface area contributed by atoms with Gasteiger partial charge in [0.2, 0.25) is 0 Å². The molecule has 1 aliphatic rings. The lowest BCUT2D eigenvalue weighted by Crippen LogP contribution is -2.16. The zero-order valence-electron chi connectivity index (χ0n) is 12.6. The first-order chi connectivity index (χ1) is 10.0.